The van der Waals surface area contributed by atoms with E-state index in [1.54, 1.807) is 24.3 Å². The van der Waals surface area contributed by atoms with Crippen LogP contribution in [-0.2, 0) is 9.59 Å². The fourth-order valence-electron chi connectivity index (χ4n) is 7.14. The van der Waals surface area contributed by atoms with E-state index in [1.165, 1.54) is 35.4 Å². The lowest BCUT2D eigenvalue weighted by atomic mass is 9.87. The second kappa shape index (κ2) is 16.5. The summed E-state index contributed by atoms with van der Waals surface area (Å²) in [6, 6.07) is 32.8. The van der Waals surface area contributed by atoms with E-state index in [4.69, 9.17) is 9.47 Å². The molecule has 0 spiro atoms. The Morgan fingerprint density at radius 3 is 1.20 bits per heavy atom. The van der Waals surface area contributed by atoms with E-state index in [0.717, 1.165) is 51.6 Å². The molecular weight excluding hydrogens is 650 g/mol. The second-order valence-corrected chi connectivity index (χ2v) is 13.9. The molecule has 51 heavy (non-hydrogen) atoms. The van der Waals surface area contributed by atoms with E-state index in [-0.39, 0.29) is 53.0 Å². The number of benzene rings is 4. The number of carbonyl (C=O) groups excluding carboxylic acids is 2. The topological polar surface area (TPSA) is 90.6 Å². The Kier molecular flexibility index (Phi) is 11.7. The van der Waals surface area contributed by atoms with Crippen molar-refractivity contribution in [2.24, 2.45) is 11.8 Å². The maximum atomic E-state index is 13.1. The van der Waals surface area contributed by atoms with E-state index in [2.05, 4.69) is 24.3 Å². The summed E-state index contributed by atoms with van der Waals surface area (Å²) >= 11 is 0. The highest BCUT2D eigenvalue weighted by Crippen LogP contribution is 2.37. The van der Waals surface area contributed by atoms with Gasteiger partial charge in [-0.1, -0.05) is 60.7 Å². The van der Waals surface area contributed by atoms with Gasteiger partial charge >= 0.3 is 0 Å². The SMILES string of the molecule is O.O=C(C1CC1)N1CC[C@H](Oc2ccc(F)cc2)[C@H](c2ccccc2)C1.O=C(C1CC1)N1CC[C@H](Oc2ccc(F)cc2)[C@H](c2ccccc2)C1. The van der Waals surface area contributed by atoms with Crippen LogP contribution >= 0.6 is 0 Å². The molecule has 2 aliphatic heterocycles. The molecule has 4 aromatic carbocycles. The van der Waals surface area contributed by atoms with Gasteiger partial charge in [-0.05, 0) is 85.3 Å². The standard InChI is InChI=1S/2C21H22FNO2.H2O/c2*22-17-8-10-18(11-9-17)25-20-12-13-23(21(24)16-6-7-16)14-19(20)15-4-2-1-3-5-15;/h2*1-5,8-11,16,19-20H,6-7,12-14H2;1H2/t2*19-,20-;/m00./s1. The van der Waals surface area contributed by atoms with Gasteiger partial charge in [0.1, 0.15) is 35.3 Å². The lowest BCUT2D eigenvalue weighted by molar-refractivity contribution is -0.135. The van der Waals surface area contributed by atoms with E-state index in [9.17, 15) is 18.4 Å². The van der Waals surface area contributed by atoms with Crippen LogP contribution in [0, 0.1) is 23.5 Å². The van der Waals surface area contributed by atoms with Gasteiger partial charge in [-0.25, -0.2) is 8.78 Å². The zero-order valence-electron chi connectivity index (χ0n) is 28.7. The summed E-state index contributed by atoms with van der Waals surface area (Å²) in [5, 5.41) is 0. The number of hydrogen-bond donors (Lipinski definition) is 0. The van der Waals surface area contributed by atoms with Crippen LogP contribution in [-0.4, -0.2) is 65.5 Å². The predicted octanol–water partition coefficient (Wildman–Crippen LogP) is 7.17. The number of halogens is 2. The number of likely N-dealkylation sites (tertiary alicyclic amines) is 2. The number of ether oxygens (including phenoxy) is 2. The van der Waals surface area contributed by atoms with Crippen LogP contribution in [0.1, 0.15) is 61.5 Å². The lowest BCUT2D eigenvalue weighted by Gasteiger charge is -2.39. The van der Waals surface area contributed by atoms with Gasteiger partial charge in [-0.3, -0.25) is 9.59 Å². The number of amides is 2. The minimum Gasteiger partial charge on any atom is -0.490 e. The Morgan fingerprint density at radius 1 is 0.510 bits per heavy atom. The summed E-state index contributed by atoms with van der Waals surface area (Å²) in [7, 11) is 0. The average Bonchev–Trinajstić information content (AvgIpc) is 4.09. The molecule has 2 N–H and O–H groups in total. The van der Waals surface area contributed by atoms with Crippen molar-refractivity contribution < 1.29 is 33.3 Å². The number of carbonyl (C=O) groups is 2. The number of hydrogen-bond acceptors (Lipinski definition) is 4. The highest BCUT2D eigenvalue weighted by Gasteiger charge is 2.40. The van der Waals surface area contributed by atoms with Crippen LogP contribution in [0.3, 0.4) is 0 Å². The number of rotatable bonds is 8. The molecule has 2 saturated carbocycles. The molecule has 4 fully saturated rings. The molecule has 2 saturated heterocycles. The largest absolute Gasteiger partial charge is 0.490 e. The molecule has 2 amide bonds. The first-order valence-corrected chi connectivity index (χ1v) is 17.9. The van der Waals surface area contributed by atoms with Gasteiger partial charge in [-0.15, -0.1) is 0 Å². The monoisotopic (exact) mass is 696 g/mol. The van der Waals surface area contributed by atoms with Crippen LogP contribution in [0.2, 0.25) is 0 Å². The van der Waals surface area contributed by atoms with Gasteiger partial charge in [0.15, 0.2) is 0 Å². The highest BCUT2D eigenvalue weighted by atomic mass is 19.1. The van der Waals surface area contributed by atoms with Gasteiger partial charge in [0.05, 0.1) is 0 Å². The molecule has 0 unspecified atom stereocenters. The Balaban J connectivity index is 0.000000172. The normalized spacial score (nSPS) is 22.9. The highest BCUT2D eigenvalue weighted by molar-refractivity contribution is 5.81. The predicted molar refractivity (Wildman–Crippen MR) is 191 cm³/mol. The van der Waals surface area contributed by atoms with E-state index < -0.39 is 0 Å². The van der Waals surface area contributed by atoms with Crippen LogP contribution in [0.25, 0.3) is 0 Å². The summed E-state index contributed by atoms with van der Waals surface area (Å²) in [4.78, 5) is 29.0. The van der Waals surface area contributed by atoms with Gasteiger partial charge < -0.3 is 24.7 Å². The first kappa shape index (κ1) is 36.0. The summed E-state index contributed by atoms with van der Waals surface area (Å²) in [5.41, 5.74) is 2.37. The molecular formula is C42H46F2N2O5. The maximum Gasteiger partial charge on any atom is 0.225 e. The van der Waals surface area contributed by atoms with Crippen molar-refractivity contribution in [1.29, 1.82) is 0 Å². The quantitative estimate of drug-likeness (QED) is 0.195. The fourth-order valence-corrected chi connectivity index (χ4v) is 7.14. The molecule has 4 atom stereocenters. The van der Waals surface area contributed by atoms with Crippen molar-refractivity contribution in [1.82, 2.24) is 9.80 Å². The van der Waals surface area contributed by atoms with Crippen molar-refractivity contribution in [2.75, 3.05) is 26.2 Å². The molecule has 2 aliphatic carbocycles. The minimum absolute atomic E-state index is 0. The zero-order chi connectivity index (χ0) is 34.5. The Labute approximate surface area is 298 Å². The molecule has 2 heterocycles. The summed E-state index contributed by atoms with van der Waals surface area (Å²) in [6.45, 7) is 2.82. The van der Waals surface area contributed by atoms with Gasteiger partial charge in [-0.2, -0.15) is 0 Å². The number of piperidine rings is 2. The minimum atomic E-state index is -0.267. The van der Waals surface area contributed by atoms with Crippen LogP contribution in [0.4, 0.5) is 8.78 Å². The maximum absolute atomic E-state index is 13.1. The Bertz CT molecular complexity index is 1590. The van der Waals surface area contributed by atoms with Crippen LogP contribution in [0.5, 0.6) is 11.5 Å². The molecule has 0 aromatic heterocycles. The van der Waals surface area contributed by atoms with Crippen molar-refractivity contribution in [3.8, 4) is 11.5 Å². The summed E-state index contributed by atoms with van der Waals surface area (Å²) < 4.78 is 38.6. The molecule has 0 radical (unpaired) electrons. The second-order valence-electron chi connectivity index (χ2n) is 13.9. The van der Waals surface area contributed by atoms with E-state index in [0.29, 0.717) is 36.4 Å². The third kappa shape index (κ3) is 9.33. The molecule has 268 valence electrons. The zero-order valence-corrected chi connectivity index (χ0v) is 28.7. The third-order valence-electron chi connectivity index (χ3n) is 10.2. The van der Waals surface area contributed by atoms with Crippen molar-refractivity contribution in [3.05, 3.63) is 132 Å². The molecule has 4 aromatic rings. The van der Waals surface area contributed by atoms with Crippen molar-refractivity contribution in [3.63, 3.8) is 0 Å². The molecule has 9 heteroatoms. The summed E-state index contributed by atoms with van der Waals surface area (Å²) in [6.07, 6.45) is 5.65. The van der Waals surface area contributed by atoms with Gasteiger partial charge in [0, 0.05) is 62.7 Å². The van der Waals surface area contributed by atoms with E-state index >= 15 is 0 Å². The fraction of sp³-hybridized carbons (Fsp3) is 0.381. The smallest absolute Gasteiger partial charge is 0.225 e. The number of nitrogens with zero attached hydrogens (tertiary/aromatic N) is 2. The Hall–Kier alpha value is -4.76. The first-order valence-electron chi connectivity index (χ1n) is 17.9. The van der Waals surface area contributed by atoms with E-state index in [1.807, 2.05) is 46.2 Å². The molecule has 4 aliphatic rings. The average molecular weight is 697 g/mol. The summed E-state index contributed by atoms with van der Waals surface area (Å²) in [5.74, 6) is 2.14. The van der Waals surface area contributed by atoms with Crippen molar-refractivity contribution in [2.45, 2.75) is 62.6 Å². The lowest BCUT2D eigenvalue weighted by Crippen LogP contribution is -2.47. The van der Waals surface area contributed by atoms with Gasteiger partial charge in [0.25, 0.3) is 0 Å². The van der Waals surface area contributed by atoms with Crippen LogP contribution < -0.4 is 9.47 Å². The van der Waals surface area contributed by atoms with Crippen molar-refractivity contribution >= 4 is 11.8 Å². The van der Waals surface area contributed by atoms with Gasteiger partial charge in [0.2, 0.25) is 11.8 Å². The van der Waals surface area contributed by atoms with Crippen LogP contribution in [0.15, 0.2) is 109 Å². The first-order chi connectivity index (χ1) is 24.4. The molecule has 8 rings (SSSR count). The molecule has 7 nitrogen and oxygen atoms in total. The third-order valence-corrected chi connectivity index (χ3v) is 10.2. The molecule has 0 bridgehead atoms. The Morgan fingerprint density at radius 2 is 0.863 bits per heavy atom.